The zero-order chi connectivity index (χ0) is 15.7. The average molecular weight is 297 g/mol. The molecule has 0 aliphatic carbocycles. The summed E-state index contributed by atoms with van der Waals surface area (Å²) in [6.07, 6.45) is 11.1. The number of hydrogen-bond donors (Lipinski definition) is 1. The number of hydrogen-bond acceptors (Lipinski definition) is 2. The molecule has 4 heteroatoms. The van der Waals surface area contributed by atoms with Crippen molar-refractivity contribution in [2.24, 2.45) is 0 Å². The smallest absolute Gasteiger partial charge is 0.329 e. The van der Waals surface area contributed by atoms with Crippen LogP contribution in [0.15, 0.2) is 0 Å². The van der Waals surface area contributed by atoms with Crippen molar-refractivity contribution in [1.29, 1.82) is 0 Å². The van der Waals surface area contributed by atoms with Gasteiger partial charge in [-0.3, -0.25) is 4.79 Å². The van der Waals surface area contributed by atoms with Gasteiger partial charge in [0, 0.05) is 13.0 Å². The number of carboxylic acid groups (broad SMARTS) is 1. The van der Waals surface area contributed by atoms with Gasteiger partial charge in [-0.25, -0.2) is 4.79 Å². The average Bonchev–Trinajstić information content (AvgIpc) is 2.46. The number of amides is 1. The van der Waals surface area contributed by atoms with E-state index in [0.29, 0.717) is 19.4 Å². The van der Waals surface area contributed by atoms with Gasteiger partial charge in [-0.15, -0.1) is 0 Å². The Morgan fingerprint density at radius 1 is 1.05 bits per heavy atom. The Hall–Kier alpha value is -1.06. The topological polar surface area (TPSA) is 57.6 Å². The summed E-state index contributed by atoms with van der Waals surface area (Å²) >= 11 is 0. The van der Waals surface area contributed by atoms with Crippen molar-refractivity contribution < 1.29 is 14.7 Å². The van der Waals surface area contributed by atoms with E-state index in [0.717, 1.165) is 25.7 Å². The van der Waals surface area contributed by atoms with E-state index < -0.39 is 11.5 Å². The molecule has 1 rings (SSSR count). The quantitative estimate of drug-likeness (QED) is 0.655. The molecule has 1 aliphatic rings. The lowest BCUT2D eigenvalue weighted by Gasteiger charge is -2.41. The highest BCUT2D eigenvalue weighted by Gasteiger charge is 2.43. The third kappa shape index (κ3) is 5.33. The number of unbranched alkanes of at least 4 members (excludes halogenated alkanes) is 6. The van der Waals surface area contributed by atoms with Gasteiger partial charge in [-0.2, -0.15) is 0 Å². The Morgan fingerprint density at radius 2 is 1.67 bits per heavy atom. The molecule has 1 atom stereocenters. The molecule has 21 heavy (non-hydrogen) atoms. The molecule has 1 heterocycles. The number of carbonyl (C=O) groups is 2. The molecule has 1 fully saturated rings. The highest BCUT2D eigenvalue weighted by molar-refractivity contribution is 5.87. The van der Waals surface area contributed by atoms with Crippen LogP contribution in [0.3, 0.4) is 0 Å². The Labute approximate surface area is 128 Å². The molecule has 0 bridgehead atoms. The van der Waals surface area contributed by atoms with Crippen molar-refractivity contribution in [3.8, 4) is 0 Å². The number of nitrogens with zero attached hydrogens (tertiary/aromatic N) is 1. The van der Waals surface area contributed by atoms with E-state index in [1.54, 1.807) is 11.8 Å². The Morgan fingerprint density at radius 3 is 2.29 bits per heavy atom. The number of piperidine rings is 1. The largest absolute Gasteiger partial charge is 0.480 e. The van der Waals surface area contributed by atoms with Crippen molar-refractivity contribution in [3.63, 3.8) is 0 Å². The maximum atomic E-state index is 12.3. The molecule has 0 aromatic heterocycles. The van der Waals surface area contributed by atoms with Crippen LogP contribution in [0.4, 0.5) is 0 Å². The second-order valence-electron chi connectivity index (χ2n) is 6.45. The summed E-state index contributed by atoms with van der Waals surface area (Å²) in [4.78, 5) is 25.4. The SMILES string of the molecule is CCCCCCCCCC(=O)N1CCCCC1(C)C(=O)O. The highest BCUT2D eigenvalue weighted by Crippen LogP contribution is 2.29. The molecule has 122 valence electrons. The summed E-state index contributed by atoms with van der Waals surface area (Å²) in [5.41, 5.74) is -0.990. The summed E-state index contributed by atoms with van der Waals surface area (Å²) in [5.74, 6) is -0.844. The van der Waals surface area contributed by atoms with E-state index in [-0.39, 0.29) is 5.91 Å². The summed E-state index contributed by atoms with van der Waals surface area (Å²) < 4.78 is 0. The van der Waals surface area contributed by atoms with Crippen LogP contribution in [0.1, 0.15) is 84.5 Å². The first-order chi connectivity index (χ1) is 10.0. The molecule has 4 nitrogen and oxygen atoms in total. The molecule has 1 amide bonds. The van der Waals surface area contributed by atoms with Crippen molar-refractivity contribution in [2.45, 2.75) is 90.0 Å². The molecule has 0 aromatic carbocycles. The third-order valence-corrected chi connectivity index (χ3v) is 4.65. The van der Waals surface area contributed by atoms with Crippen LogP contribution in [0.2, 0.25) is 0 Å². The Kier molecular flexibility index (Phi) is 7.76. The summed E-state index contributed by atoms with van der Waals surface area (Å²) in [6.45, 7) is 4.49. The van der Waals surface area contributed by atoms with Gasteiger partial charge in [0.25, 0.3) is 0 Å². The van der Waals surface area contributed by atoms with Crippen molar-refractivity contribution in [3.05, 3.63) is 0 Å². The van der Waals surface area contributed by atoms with Gasteiger partial charge < -0.3 is 10.0 Å². The lowest BCUT2D eigenvalue weighted by molar-refractivity contribution is -0.161. The number of likely N-dealkylation sites (tertiary alicyclic amines) is 1. The number of aliphatic carboxylic acids is 1. The van der Waals surface area contributed by atoms with E-state index in [1.807, 2.05) is 0 Å². The van der Waals surface area contributed by atoms with Crippen molar-refractivity contribution >= 4 is 11.9 Å². The van der Waals surface area contributed by atoms with Crippen LogP contribution >= 0.6 is 0 Å². The highest BCUT2D eigenvalue weighted by atomic mass is 16.4. The van der Waals surface area contributed by atoms with Crippen molar-refractivity contribution in [2.75, 3.05) is 6.54 Å². The van der Waals surface area contributed by atoms with Gasteiger partial charge in [-0.1, -0.05) is 45.4 Å². The second kappa shape index (κ2) is 9.06. The monoisotopic (exact) mass is 297 g/mol. The molecule has 1 aliphatic heterocycles. The summed E-state index contributed by atoms with van der Waals surface area (Å²) in [7, 11) is 0. The zero-order valence-corrected chi connectivity index (χ0v) is 13.7. The fourth-order valence-electron chi connectivity index (χ4n) is 3.11. The Bertz CT molecular complexity index is 343. The normalized spacial score (nSPS) is 22.3. The van der Waals surface area contributed by atoms with Gasteiger partial charge in [0.05, 0.1) is 0 Å². The molecule has 1 N–H and O–H groups in total. The maximum absolute atomic E-state index is 12.3. The lowest BCUT2D eigenvalue weighted by atomic mass is 9.88. The first-order valence-corrected chi connectivity index (χ1v) is 8.56. The van der Waals surface area contributed by atoms with Crippen LogP contribution in [-0.4, -0.2) is 34.0 Å². The number of carbonyl (C=O) groups excluding carboxylic acids is 1. The first-order valence-electron chi connectivity index (χ1n) is 8.56. The minimum atomic E-state index is -0.990. The van der Waals surface area contributed by atoms with Crippen LogP contribution < -0.4 is 0 Å². The van der Waals surface area contributed by atoms with E-state index in [4.69, 9.17) is 0 Å². The third-order valence-electron chi connectivity index (χ3n) is 4.65. The second-order valence-corrected chi connectivity index (χ2v) is 6.45. The zero-order valence-electron chi connectivity index (χ0n) is 13.7. The predicted octanol–water partition coefficient (Wildman–Crippen LogP) is 3.98. The fraction of sp³-hybridized carbons (Fsp3) is 0.882. The number of carboxylic acids is 1. The van der Waals surface area contributed by atoms with Crippen LogP contribution in [0.25, 0.3) is 0 Å². The van der Waals surface area contributed by atoms with E-state index in [2.05, 4.69) is 6.92 Å². The summed E-state index contributed by atoms with van der Waals surface area (Å²) in [6, 6.07) is 0. The van der Waals surface area contributed by atoms with Gasteiger partial charge in [0.2, 0.25) is 5.91 Å². The predicted molar refractivity (Wildman–Crippen MR) is 84.2 cm³/mol. The summed E-state index contributed by atoms with van der Waals surface area (Å²) in [5, 5.41) is 9.41. The standard InChI is InChI=1S/C17H31NO3/c1-3-4-5-6-7-8-9-12-15(19)18-14-11-10-13-17(18,2)16(20)21/h3-14H2,1-2H3,(H,20,21). The Balaban J connectivity index is 2.31. The molecule has 1 saturated heterocycles. The van der Waals surface area contributed by atoms with E-state index >= 15 is 0 Å². The van der Waals surface area contributed by atoms with Gasteiger partial charge in [-0.05, 0) is 32.6 Å². The van der Waals surface area contributed by atoms with Crippen LogP contribution in [-0.2, 0) is 9.59 Å². The van der Waals surface area contributed by atoms with E-state index in [9.17, 15) is 14.7 Å². The molecule has 0 aromatic rings. The lowest BCUT2D eigenvalue weighted by Crippen LogP contribution is -2.57. The van der Waals surface area contributed by atoms with Gasteiger partial charge in [0.1, 0.15) is 5.54 Å². The minimum Gasteiger partial charge on any atom is -0.480 e. The van der Waals surface area contributed by atoms with E-state index in [1.165, 1.54) is 32.1 Å². The molecule has 0 spiro atoms. The minimum absolute atomic E-state index is 0.0214. The van der Waals surface area contributed by atoms with Gasteiger partial charge in [0.15, 0.2) is 0 Å². The molecular formula is C17H31NO3. The molecule has 0 saturated carbocycles. The van der Waals surface area contributed by atoms with Crippen molar-refractivity contribution in [1.82, 2.24) is 4.90 Å². The molecular weight excluding hydrogens is 266 g/mol. The van der Waals surface area contributed by atoms with Gasteiger partial charge >= 0.3 is 5.97 Å². The molecule has 0 radical (unpaired) electrons. The molecule has 1 unspecified atom stereocenters. The van der Waals surface area contributed by atoms with Crippen LogP contribution in [0.5, 0.6) is 0 Å². The maximum Gasteiger partial charge on any atom is 0.329 e. The number of rotatable bonds is 9. The van der Waals surface area contributed by atoms with Crippen LogP contribution in [0, 0.1) is 0 Å². The first kappa shape index (κ1) is 18.0. The fourth-order valence-corrected chi connectivity index (χ4v) is 3.11.